The molecular weight excluding hydrogens is 261 g/mol. The van der Waals surface area contributed by atoms with E-state index in [9.17, 15) is 4.39 Å². The maximum atomic E-state index is 13.2. The van der Waals surface area contributed by atoms with Gasteiger partial charge in [-0.3, -0.25) is 0 Å². The number of furan rings is 1. The van der Waals surface area contributed by atoms with Crippen molar-refractivity contribution in [1.82, 2.24) is 0 Å². The molecular formula is C11H11BrFNO. The van der Waals surface area contributed by atoms with Crippen molar-refractivity contribution in [2.75, 3.05) is 0 Å². The molecule has 2 N–H and O–H groups in total. The topological polar surface area (TPSA) is 39.2 Å². The molecule has 0 saturated carbocycles. The second-order valence-corrected chi connectivity index (χ2v) is 4.18. The van der Waals surface area contributed by atoms with E-state index < -0.39 is 0 Å². The van der Waals surface area contributed by atoms with Gasteiger partial charge < -0.3 is 10.2 Å². The van der Waals surface area contributed by atoms with Crippen molar-refractivity contribution in [2.45, 2.75) is 19.9 Å². The summed E-state index contributed by atoms with van der Waals surface area (Å²) in [4.78, 5) is 0. The summed E-state index contributed by atoms with van der Waals surface area (Å²) in [5.41, 5.74) is 7.24. The Labute approximate surface area is 95.4 Å². The van der Waals surface area contributed by atoms with Crippen LogP contribution < -0.4 is 5.73 Å². The van der Waals surface area contributed by atoms with E-state index in [0.717, 1.165) is 23.1 Å². The van der Waals surface area contributed by atoms with E-state index >= 15 is 0 Å². The first-order valence-electron chi connectivity index (χ1n) is 4.76. The van der Waals surface area contributed by atoms with Crippen LogP contribution in [0.25, 0.3) is 11.0 Å². The van der Waals surface area contributed by atoms with Crippen molar-refractivity contribution >= 4 is 26.9 Å². The van der Waals surface area contributed by atoms with Crippen molar-refractivity contribution in [1.29, 1.82) is 0 Å². The van der Waals surface area contributed by atoms with E-state index in [1.807, 2.05) is 6.92 Å². The van der Waals surface area contributed by atoms with Crippen LogP contribution in [-0.4, -0.2) is 0 Å². The van der Waals surface area contributed by atoms with Crippen molar-refractivity contribution in [3.8, 4) is 0 Å². The lowest BCUT2D eigenvalue weighted by Gasteiger charge is -1.96. The molecule has 0 atom stereocenters. The van der Waals surface area contributed by atoms with Crippen LogP contribution in [0.5, 0.6) is 0 Å². The molecule has 2 rings (SSSR count). The summed E-state index contributed by atoms with van der Waals surface area (Å²) in [7, 11) is 0. The Morgan fingerprint density at radius 2 is 2.20 bits per heavy atom. The highest BCUT2D eigenvalue weighted by molar-refractivity contribution is 9.10. The van der Waals surface area contributed by atoms with Gasteiger partial charge >= 0.3 is 0 Å². The summed E-state index contributed by atoms with van der Waals surface area (Å²) in [5, 5.41) is 0.810. The Balaban J connectivity index is 2.82. The molecule has 0 aliphatic carbocycles. The molecule has 0 bridgehead atoms. The predicted molar refractivity (Wildman–Crippen MR) is 61.1 cm³/mol. The third-order valence-electron chi connectivity index (χ3n) is 2.43. The number of nitrogens with two attached hydrogens (primary N) is 1. The zero-order chi connectivity index (χ0) is 11.0. The van der Waals surface area contributed by atoms with Gasteiger partial charge in [0.2, 0.25) is 0 Å². The van der Waals surface area contributed by atoms with Gasteiger partial charge in [-0.05, 0) is 34.5 Å². The van der Waals surface area contributed by atoms with Crippen LogP contribution >= 0.6 is 15.9 Å². The molecule has 2 nitrogen and oxygen atoms in total. The summed E-state index contributed by atoms with van der Waals surface area (Å²) >= 11 is 3.28. The van der Waals surface area contributed by atoms with Crippen LogP contribution in [0.4, 0.5) is 4.39 Å². The standard InChI is InChI=1S/C11H11BrFNO/c1-2-7-8-3-6(13)4-9(12)11(8)15-10(7)5-14/h3-4H,2,5,14H2,1H3. The number of aryl methyl sites for hydroxylation is 1. The lowest BCUT2D eigenvalue weighted by atomic mass is 10.1. The van der Waals surface area contributed by atoms with E-state index in [2.05, 4.69) is 15.9 Å². The predicted octanol–water partition coefficient (Wildman–Crippen LogP) is 3.36. The molecule has 1 heterocycles. The Hall–Kier alpha value is -0.870. The zero-order valence-corrected chi connectivity index (χ0v) is 9.90. The first-order valence-corrected chi connectivity index (χ1v) is 5.56. The number of benzene rings is 1. The summed E-state index contributed by atoms with van der Waals surface area (Å²) < 4.78 is 19.4. The summed E-state index contributed by atoms with van der Waals surface area (Å²) in [6.07, 6.45) is 0.787. The smallest absolute Gasteiger partial charge is 0.149 e. The van der Waals surface area contributed by atoms with Crippen molar-refractivity contribution in [2.24, 2.45) is 5.73 Å². The van der Waals surface area contributed by atoms with Crippen molar-refractivity contribution < 1.29 is 8.81 Å². The number of fused-ring (bicyclic) bond motifs is 1. The van der Waals surface area contributed by atoms with E-state index in [1.54, 1.807) is 0 Å². The van der Waals surface area contributed by atoms with Crippen LogP contribution in [0.3, 0.4) is 0 Å². The molecule has 0 radical (unpaired) electrons. The average Bonchev–Trinajstić information content (AvgIpc) is 2.55. The minimum absolute atomic E-state index is 0.270. The SMILES string of the molecule is CCc1c(CN)oc2c(Br)cc(F)cc12. The normalized spacial score (nSPS) is 11.2. The maximum Gasteiger partial charge on any atom is 0.149 e. The average molecular weight is 272 g/mol. The first-order chi connectivity index (χ1) is 7.17. The van der Waals surface area contributed by atoms with Crippen LogP contribution in [0, 0.1) is 5.82 Å². The fourth-order valence-corrected chi connectivity index (χ4v) is 2.29. The molecule has 0 unspecified atom stereocenters. The Bertz CT molecular complexity index is 507. The van der Waals surface area contributed by atoms with Gasteiger partial charge in [0.15, 0.2) is 0 Å². The molecule has 0 saturated heterocycles. The highest BCUT2D eigenvalue weighted by atomic mass is 79.9. The minimum Gasteiger partial charge on any atom is -0.458 e. The second-order valence-electron chi connectivity index (χ2n) is 3.33. The van der Waals surface area contributed by atoms with Crippen molar-refractivity contribution in [3.63, 3.8) is 0 Å². The number of hydrogen-bond donors (Lipinski definition) is 1. The van der Waals surface area contributed by atoms with Gasteiger partial charge in [0, 0.05) is 10.9 Å². The second kappa shape index (κ2) is 3.94. The van der Waals surface area contributed by atoms with E-state index in [-0.39, 0.29) is 5.82 Å². The number of hydrogen-bond acceptors (Lipinski definition) is 2. The molecule has 1 aromatic heterocycles. The minimum atomic E-state index is -0.270. The quantitative estimate of drug-likeness (QED) is 0.910. The third kappa shape index (κ3) is 1.68. The molecule has 4 heteroatoms. The fourth-order valence-electron chi connectivity index (χ4n) is 1.78. The Morgan fingerprint density at radius 3 is 2.80 bits per heavy atom. The van der Waals surface area contributed by atoms with E-state index in [4.69, 9.17) is 10.2 Å². The molecule has 1 aromatic carbocycles. The van der Waals surface area contributed by atoms with Gasteiger partial charge in [-0.15, -0.1) is 0 Å². The highest BCUT2D eigenvalue weighted by Crippen LogP contribution is 2.32. The molecule has 0 aliphatic rings. The number of rotatable bonds is 2. The summed E-state index contributed by atoms with van der Waals surface area (Å²) in [5.74, 6) is 0.465. The van der Waals surface area contributed by atoms with Gasteiger partial charge in [0.1, 0.15) is 17.2 Å². The molecule has 0 aliphatic heterocycles. The van der Waals surface area contributed by atoms with Crippen molar-refractivity contribution in [3.05, 3.63) is 33.7 Å². The molecule has 15 heavy (non-hydrogen) atoms. The zero-order valence-electron chi connectivity index (χ0n) is 8.31. The van der Waals surface area contributed by atoms with Gasteiger partial charge in [-0.1, -0.05) is 6.92 Å². The van der Waals surface area contributed by atoms with Gasteiger partial charge in [0.05, 0.1) is 11.0 Å². The van der Waals surface area contributed by atoms with E-state index in [0.29, 0.717) is 16.6 Å². The van der Waals surface area contributed by atoms with Crippen LogP contribution in [0.15, 0.2) is 21.0 Å². The van der Waals surface area contributed by atoms with Gasteiger partial charge in [0.25, 0.3) is 0 Å². The summed E-state index contributed by atoms with van der Waals surface area (Å²) in [6.45, 7) is 2.34. The monoisotopic (exact) mass is 271 g/mol. The molecule has 0 fully saturated rings. The first kappa shape index (κ1) is 10.6. The van der Waals surface area contributed by atoms with Crippen LogP contribution in [-0.2, 0) is 13.0 Å². The lowest BCUT2D eigenvalue weighted by Crippen LogP contribution is -1.97. The fraction of sp³-hybridized carbons (Fsp3) is 0.273. The number of halogens is 2. The molecule has 0 amide bonds. The van der Waals surface area contributed by atoms with Gasteiger partial charge in [-0.2, -0.15) is 0 Å². The van der Waals surface area contributed by atoms with Gasteiger partial charge in [-0.25, -0.2) is 4.39 Å². The third-order valence-corrected chi connectivity index (χ3v) is 3.02. The Morgan fingerprint density at radius 1 is 1.47 bits per heavy atom. The highest BCUT2D eigenvalue weighted by Gasteiger charge is 2.14. The largest absolute Gasteiger partial charge is 0.458 e. The summed E-state index contributed by atoms with van der Waals surface area (Å²) in [6, 6.07) is 2.88. The van der Waals surface area contributed by atoms with Crippen LogP contribution in [0.2, 0.25) is 0 Å². The molecule has 80 valence electrons. The molecule has 0 spiro atoms. The molecule has 2 aromatic rings. The maximum absolute atomic E-state index is 13.2. The Kier molecular flexibility index (Phi) is 2.80. The van der Waals surface area contributed by atoms with Crippen LogP contribution in [0.1, 0.15) is 18.2 Å². The lowest BCUT2D eigenvalue weighted by molar-refractivity contribution is 0.544. The van der Waals surface area contributed by atoms with E-state index in [1.165, 1.54) is 12.1 Å².